The summed E-state index contributed by atoms with van der Waals surface area (Å²) in [5, 5.41) is 1.42. The Morgan fingerprint density at radius 1 is 1.05 bits per heavy atom. The predicted molar refractivity (Wildman–Crippen MR) is 84.4 cm³/mol. The van der Waals surface area contributed by atoms with E-state index < -0.39 is 0 Å². The summed E-state index contributed by atoms with van der Waals surface area (Å²) >= 11 is 15.3. The molecule has 1 unspecified atom stereocenters. The van der Waals surface area contributed by atoms with Crippen LogP contribution in [0.15, 0.2) is 46.9 Å². The van der Waals surface area contributed by atoms with E-state index >= 15 is 0 Å². The second-order valence-corrected chi connectivity index (χ2v) is 5.94. The van der Waals surface area contributed by atoms with E-state index in [-0.39, 0.29) is 6.04 Å². The molecule has 2 nitrogen and oxygen atoms in total. The van der Waals surface area contributed by atoms with Gasteiger partial charge in [0.25, 0.3) is 0 Å². The lowest BCUT2D eigenvalue weighted by Crippen LogP contribution is -2.29. The Morgan fingerprint density at radius 2 is 1.68 bits per heavy atom. The molecule has 0 bridgehead atoms. The lowest BCUT2D eigenvalue weighted by Gasteiger charge is -2.18. The third-order valence-corrected chi connectivity index (χ3v) is 4.07. The van der Waals surface area contributed by atoms with E-state index in [2.05, 4.69) is 21.4 Å². The number of halogens is 3. The van der Waals surface area contributed by atoms with Crippen LogP contribution < -0.4 is 11.3 Å². The number of nitrogens with two attached hydrogens (primary N) is 1. The summed E-state index contributed by atoms with van der Waals surface area (Å²) in [6.45, 7) is 0. The molecular weight excluding hydrogens is 347 g/mol. The van der Waals surface area contributed by atoms with Gasteiger partial charge >= 0.3 is 0 Å². The lowest BCUT2D eigenvalue weighted by molar-refractivity contribution is 0.550. The fraction of sp³-hybridized carbons (Fsp3) is 0.143. The average Bonchev–Trinajstić information content (AvgIpc) is 2.39. The van der Waals surface area contributed by atoms with Crippen molar-refractivity contribution in [3.8, 4) is 0 Å². The summed E-state index contributed by atoms with van der Waals surface area (Å²) in [7, 11) is 0. The lowest BCUT2D eigenvalue weighted by atomic mass is 9.99. The molecule has 5 heteroatoms. The molecule has 2 aromatic carbocycles. The molecule has 0 aliphatic carbocycles. The largest absolute Gasteiger partial charge is 0.271 e. The molecule has 0 fully saturated rings. The van der Waals surface area contributed by atoms with Crippen molar-refractivity contribution in [1.82, 2.24) is 5.43 Å². The highest BCUT2D eigenvalue weighted by atomic mass is 79.9. The zero-order valence-corrected chi connectivity index (χ0v) is 13.1. The highest BCUT2D eigenvalue weighted by molar-refractivity contribution is 9.10. The van der Waals surface area contributed by atoms with Gasteiger partial charge < -0.3 is 0 Å². The van der Waals surface area contributed by atoms with Gasteiger partial charge in [-0.2, -0.15) is 0 Å². The number of hydrogen-bond donors (Lipinski definition) is 2. The Kier molecular flexibility index (Phi) is 5.25. The first-order valence-electron chi connectivity index (χ1n) is 5.75. The van der Waals surface area contributed by atoms with Crippen LogP contribution in [0.5, 0.6) is 0 Å². The molecule has 2 aromatic rings. The second-order valence-electron chi connectivity index (χ2n) is 4.22. The molecule has 0 aliphatic heterocycles. The number of nitrogens with one attached hydrogen (secondary N) is 1. The van der Waals surface area contributed by atoms with Crippen LogP contribution in [0.4, 0.5) is 0 Å². The molecular formula is C14H13BrCl2N2. The van der Waals surface area contributed by atoms with Crippen LogP contribution >= 0.6 is 39.1 Å². The molecule has 0 aromatic heterocycles. The van der Waals surface area contributed by atoms with Crippen LogP contribution in [0.1, 0.15) is 17.2 Å². The first-order chi connectivity index (χ1) is 9.10. The van der Waals surface area contributed by atoms with Crippen molar-refractivity contribution in [2.45, 2.75) is 12.5 Å². The van der Waals surface area contributed by atoms with Crippen LogP contribution in [0, 0.1) is 0 Å². The number of hydrogen-bond acceptors (Lipinski definition) is 2. The summed E-state index contributed by atoms with van der Waals surface area (Å²) in [5.74, 6) is 5.66. The van der Waals surface area contributed by atoms with Gasteiger partial charge in [0.1, 0.15) is 0 Å². The molecule has 100 valence electrons. The smallest absolute Gasteiger partial charge is 0.0511 e. The zero-order valence-electron chi connectivity index (χ0n) is 10.0. The minimum atomic E-state index is 0.00724. The number of hydrazine groups is 1. The van der Waals surface area contributed by atoms with E-state index in [0.29, 0.717) is 5.02 Å². The van der Waals surface area contributed by atoms with Gasteiger partial charge in [0.15, 0.2) is 0 Å². The van der Waals surface area contributed by atoms with Crippen LogP contribution in [0.3, 0.4) is 0 Å². The Balaban J connectivity index is 2.22. The minimum Gasteiger partial charge on any atom is -0.271 e. The Labute approximate surface area is 131 Å². The van der Waals surface area contributed by atoms with Crippen LogP contribution in [-0.4, -0.2) is 0 Å². The van der Waals surface area contributed by atoms with E-state index in [0.717, 1.165) is 27.0 Å². The summed E-state index contributed by atoms with van der Waals surface area (Å²) < 4.78 is 0.942. The zero-order chi connectivity index (χ0) is 13.8. The van der Waals surface area contributed by atoms with Gasteiger partial charge in [-0.1, -0.05) is 57.3 Å². The van der Waals surface area contributed by atoms with Crippen molar-refractivity contribution in [1.29, 1.82) is 0 Å². The SMILES string of the molecule is NNC(Cc1ccc(Cl)cc1)c1ccc(Cl)cc1Br. The highest BCUT2D eigenvalue weighted by Gasteiger charge is 2.14. The van der Waals surface area contributed by atoms with Gasteiger partial charge in [-0.15, -0.1) is 0 Å². The Bertz CT molecular complexity index is 558. The van der Waals surface area contributed by atoms with Gasteiger partial charge in [0.05, 0.1) is 6.04 Å². The molecule has 0 spiro atoms. The van der Waals surface area contributed by atoms with Crippen LogP contribution in [0.2, 0.25) is 10.0 Å². The first-order valence-corrected chi connectivity index (χ1v) is 7.30. The van der Waals surface area contributed by atoms with Crippen molar-refractivity contribution in [2.24, 2.45) is 5.84 Å². The van der Waals surface area contributed by atoms with Gasteiger partial charge in [-0.05, 0) is 41.8 Å². The van der Waals surface area contributed by atoms with Gasteiger partial charge in [0, 0.05) is 14.5 Å². The molecule has 2 rings (SSSR count). The summed E-state index contributed by atoms with van der Waals surface area (Å²) in [6.07, 6.45) is 0.772. The number of rotatable bonds is 4. The van der Waals surface area contributed by atoms with E-state index in [4.69, 9.17) is 29.0 Å². The molecule has 0 amide bonds. The molecule has 19 heavy (non-hydrogen) atoms. The molecule has 0 radical (unpaired) electrons. The Hall–Kier alpha value is -0.580. The van der Waals surface area contributed by atoms with Crippen molar-refractivity contribution in [2.75, 3.05) is 0 Å². The molecule has 1 atom stereocenters. The fourth-order valence-corrected chi connectivity index (χ4v) is 2.98. The normalized spacial score (nSPS) is 12.4. The van der Waals surface area contributed by atoms with Gasteiger partial charge in [0.2, 0.25) is 0 Å². The van der Waals surface area contributed by atoms with Crippen molar-refractivity contribution < 1.29 is 0 Å². The molecule has 0 heterocycles. The quantitative estimate of drug-likeness (QED) is 0.622. The maximum absolute atomic E-state index is 5.95. The number of benzene rings is 2. The first kappa shape index (κ1) is 14.8. The molecule has 0 aliphatic rings. The third-order valence-electron chi connectivity index (χ3n) is 2.89. The van der Waals surface area contributed by atoms with Crippen molar-refractivity contribution >= 4 is 39.1 Å². The van der Waals surface area contributed by atoms with E-state index in [1.54, 1.807) is 0 Å². The van der Waals surface area contributed by atoms with E-state index in [1.165, 1.54) is 0 Å². The summed E-state index contributed by atoms with van der Waals surface area (Å²) in [6, 6.07) is 13.4. The maximum atomic E-state index is 5.95. The van der Waals surface area contributed by atoms with Crippen molar-refractivity contribution in [3.63, 3.8) is 0 Å². The summed E-state index contributed by atoms with van der Waals surface area (Å²) in [5.41, 5.74) is 5.07. The van der Waals surface area contributed by atoms with Gasteiger partial charge in [-0.3, -0.25) is 11.3 Å². The van der Waals surface area contributed by atoms with E-state index in [1.807, 2.05) is 42.5 Å². The Morgan fingerprint density at radius 3 is 2.26 bits per heavy atom. The van der Waals surface area contributed by atoms with Crippen molar-refractivity contribution in [3.05, 3.63) is 68.1 Å². The van der Waals surface area contributed by atoms with Crippen LogP contribution in [-0.2, 0) is 6.42 Å². The predicted octanol–water partition coefficient (Wildman–Crippen LogP) is 4.50. The monoisotopic (exact) mass is 358 g/mol. The second kappa shape index (κ2) is 6.73. The fourth-order valence-electron chi connectivity index (χ4n) is 1.90. The van der Waals surface area contributed by atoms with Crippen LogP contribution in [0.25, 0.3) is 0 Å². The molecule has 0 saturated carbocycles. The minimum absolute atomic E-state index is 0.00724. The third kappa shape index (κ3) is 3.94. The standard InChI is InChI=1S/C14H13BrCl2N2/c15-13-8-11(17)5-6-12(13)14(19-18)7-9-1-3-10(16)4-2-9/h1-6,8,14,19H,7,18H2. The average molecular weight is 360 g/mol. The summed E-state index contributed by atoms with van der Waals surface area (Å²) in [4.78, 5) is 0. The maximum Gasteiger partial charge on any atom is 0.0511 e. The van der Waals surface area contributed by atoms with Gasteiger partial charge in [-0.25, -0.2) is 0 Å². The molecule has 0 saturated heterocycles. The topological polar surface area (TPSA) is 38.0 Å². The van der Waals surface area contributed by atoms with E-state index in [9.17, 15) is 0 Å². The highest BCUT2D eigenvalue weighted by Crippen LogP contribution is 2.28. The molecule has 3 N–H and O–H groups in total.